The number of benzene rings is 1. The summed E-state index contributed by atoms with van der Waals surface area (Å²) < 4.78 is 40.3. The monoisotopic (exact) mass is 642 g/mol. The highest BCUT2D eigenvalue weighted by Crippen LogP contribution is 2.12. The third-order valence-corrected chi connectivity index (χ3v) is 6.92. The smallest absolute Gasteiger partial charge is 0.437 e. The van der Waals surface area contributed by atoms with Crippen LogP contribution in [0.5, 0.6) is 0 Å². The Morgan fingerprint density at radius 2 is 1.58 bits per heavy atom. The van der Waals surface area contributed by atoms with Crippen LogP contribution in [0.25, 0.3) is 0 Å². The fraction of sp³-hybridized carbons (Fsp3) is 0.400. The summed E-state index contributed by atoms with van der Waals surface area (Å²) in [6, 6.07) is 11.4. The lowest BCUT2D eigenvalue weighted by atomic mass is 10.2. The molecular formula is C30H38N6O8S. The van der Waals surface area contributed by atoms with Gasteiger partial charge in [-0.2, -0.15) is 0 Å². The van der Waals surface area contributed by atoms with E-state index >= 15 is 0 Å². The standard InChI is InChI=1S/C30H38N6O8S/c1-20-13-14-23(34-45(41,42)19-21-11-9-8-10-12-21)25(38)35(20)18-24(37)31-15-22-16-32-26(33-27(39)43-29(2,3)4)36(17-22)28(40)44-30(5,6)7/h8-14,16-17,34H,15,18-19H2,1-7H3,(H,31,37)/b33-26+. The molecule has 0 aliphatic heterocycles. The molecule has 0 saturated heterocycles. The molecule has 2 amide bonds. The molecule has 1 aromatic carbocycles. The van der Waals surface area contributed by atoms with Gasteiger partial charge in [0.15, 0.2) is 0 Å². The average molecular weight is 643 g/mol. The third-order valence-electron chi connectivity index (χ3n) is 5.68. The number of hydrogen-bond acceptors (Lipinski definition) is 9. The van der Waals surface area contributed by atoms with Crippen LogP contribution in [0, 0.1) is 6.92 Å². The summed E-state index contributed by atoms with van der Waals surface area (Å²) in [7, 11) is -3.91. The minimum Gasteiger partial charge on any atom is -0.443 e. The Hall–Kier alpha value is -4.79. The Kier molecular flexibility index (Phi) is 10.7. The van der Waals surface area contributed by atoms with Crippen molar-refractivity contribution in [2.75, 3.05) is 4.72 Å². The highest BCUT2D eigenvalue weighted by atomic mass is 32.2. The second-order valence-electron chi connectivity index (χ2n) is 12.1. The van der Waals surface area contributed by atoms with E-state index in [1.165, 1.54) is 24.5 Å². The van der Waals surface area contributed by atoms with Crippen molar-refractivity contribution < 1.29 is 32.3 Å². The normalized spacial score (nSPS) is 12.4. The molecule has 15 heteroatoms. The van der Waals surface area contributed by atoms with Crippen LogP contribution >= 0.6 is 0 Å². The number of pyridine rings is 1. The maximum atomic E-state index is 13.1. The van der Waals surface area contributed by atoms with Crippen molar-refractivity contribution in [2.24, 2.45) is 4.99 Å². The Bertz CT molecular complexity index is 1800. The maximum Gasteiger partial charge on any atom is 0.437 e. The van der Waals surface area contributed by atoms with E-state index in [0.29, 0.717) is 16.8 Å². The largest absolute Gasteiger partial charge is 0.443 e. The Morgan fingerprint density at radius 3 is 2.20 bits per heavy atom. The first-order valence-electron chi connectivity index (χ1n) is 13.9. The van der Waals surface area contributed by atoms with Gasteiger partial charge in [0.2, 0.25) is 21.5 Å². The SMILES string of the molecule is Cc1ccc(NS(=O)(=O)Cc2ccccc2)c(=O)n1CC(=O)NCc1cn/c(=N\C(=O)OC(C)(C)C)n(C(=O)OC(C)(C)C)c1. The van der Waals surface area contributed by atoms with Crippen molar-refractivity contribution in [3.63, 3.8) is 0 Å². The van der Waals surface area contributed by atoms with Crippen LogP contribution in [0.4, 0.5) is 15.3 Å². The first kappa shape index (κ1) is 34.7. The highest BCUT2D eigenvalue weighted by Gasteiger charge is 2.21. The molecule has 0 atom stereocenters. The van der Waals surface area contributed by atoms with Crippen molar-refractivity contribution in [2.45, 2.75) is 78.5 Å². The molecule has 3 rings (SSSR count). The van der Waals surface area contributed by atoms with E-state index in [2.05, 4.69) is 20.0 Å². The fourth-order valence-corrected chi connectivity index (χ4v) is 4.98. The minimum absolute atomic E-state index is 0.113. The quantitative estimate of drug-likeness (QED) is 0.373. The number of carbonyl (C=O) groups is 3. The molecule has 2 N–H and O–H groups in total. The maximum absolute atomic E-state index is 13.1. The van der Waals surface area contributed by atoms with Crippen LogP contribution in [0.15, 0.2) is 64.6 Å². The number of hydrogen-bond donors (Lipinski definition) is 2. The molecule has 2 aromatic heterocycles. The lowest BCUT2D eigenvalue weighted by Crippen LogP contribution is -2.37. The summed E-state index contributed by atoms with van der Waals surface area (Å²) in [5.74, 6) is -0.904. The van der Waals surface area contributed by atoms with E-state index in [4.69, 9.17) is 9.47 Å². The third kappa shape index (κ3) is 11.0. The number of amides is 2. The van der Waals surface area contributed by atoms with Gasteiger partial charge in [-0.05, 0) is 66.2 Å². The molecular weight excluding hydrogens is 604 g/mol. The first-order chi connectivity index (χ1) is 20.8. The number of carbonyl (C=O) groups excluding carboxylic acids is 3. The second kappa shape index (κ2) is 13.9. The molecule has 0 saturated carbocycles. The van der Waals surface area contributed by atoms with E-state index in [1.54, 1.807) is 78.8 Å². The Balaban J connectivity index is 1.78. The van der Waals surface area contributed by atoms with Gasteiger partial charge in [-0.25, -0.2) is 27.6 Å². The van der Waals surface area contributed by atoms with Crippen LogP contribution in [-0.2, 0) is 43.1 Å². The van der Waals surface area contributed by atoms with Crippen LogP contribution in [0.3, 0.4) is 0 Å². The summed E-state index contributed by atoms with van der Waals surface area (Å²) in [5.41, 5.74) is -1.55. The van der Waals surface area contributed by atoms with Gasteiger partial charge in [0.05, 0.1) is 5.75 Å². The number of nitrogens with one attached hydrogen (secondary N) is 2. The van der Waals surface area contributed by atoms with Crippen LogP contribution in [0.2, 0.25) is 0 Å². The van der Waals surface area contributed by atoms with Gasteiger partial charge in [0, 0.05) is 30.2 Å². The van der Waals surface area contributed by atoms with Gasteiger partial charge in [0.25, 0.3) is 5.56 Å². The highest BCUT2D eigenvalue weighted by molar-refractivity contribution is 7.91. The van der Waals surface area contributed by atoms with Gasteiger partial charge in [-0.15, -0.1) is 4.99 Å². The second-order valence-corrected chi connectivity index (χ2v) is 13.8. The molecule has 0 bridgehead atoms. The number of ether oxygens (including phenoxy) is 2. The van der Waals surface area contributed by atoms with Crippen molar-refractivity contribution in [1.29, 1.82) is 0 Å². The van der Waals surface area contributed by atoms with Gasteiger partial charge in [0.1, 0.15) is 23.4 Å². The molecule has 14 nitrogen and oxygen atoms in total. The van der Waals surface area contributed by atoms with E-state index in [1.807, 2.05) is 0 Å². The first-order valence-corrected chi connectivity index (χ1v) is 15.6. The summed E-state index contributed by atoms with van der Waals surface area (Å²) in [6.07, 6.45) is 0.798. The minimum atomic E-state index is -3.91. The molecule has 3 aromatic rings. The van der Waals surface area contributed by atoms with Crippen LogP contribution < -0.4 is 21.2 Å². The van der Waals surface area contributed by atoms with Crippen molar-refractivity contribution in [3.05, 3.63) is 87.7 Å². The van der Waals surface area contributed by atoms with Crippen molar-refractivity contribution in [1.82, 2.24) is 19.4 Å². The topological polar surface area (TPSA) is 180 Å². The molecule has 0 fully saturated rings. The zero-order chi connectivity index (χ0) is 33.6. The van der Waals surface area contributed by atoms with Gasteiger partial charge < -0.3 is 19.4 Å². The molecule has 0 unspecified atom stereocenters. The number of nitrogens with zero attached hydrogens (tertiary/aromatic N) is 4. The van der Waals surface area contributed by atoms with Crippen molar-refractivity contribution in [3.8, 4) is 0 Å². The Labute approximate surface area is 261 Å². The molecule has 0 aliphatic rings. The predicted molar refractivity (Wildman–Crippen MR) is 166 cm³/mol. The number of aromatic nitrogens is 3. The van der Waals surface area contributed by atoms with E-state index < -0.39 is 51.4 Å². The van der Waals surface area contributed by atoms with Crippen LogP contribution in [-0.4, -0.2) is 51.8 Å². The number of anilines is 1. The lowest BCUT2D eigenvalue weighted by Gasteiger charge is -2.20. The summed E-state index contributed by atoms with van der Waals surface area (Å²) in [6.45, 7) is 11.1. The Morgan fingerprint density at radius 1 is 0.933 bits per heavy atom. The number of aryl methyl sites for hydroxylation is 1. The average Bonchev–Trinajstić information content (AvgIpc) is 2.90. The number of sulfonamides is 1. The molecule has 0 spiro atoms. The fourth-order valence-electron chi connectivity index (χ4n) is 3.79. The molecule has 2 heterocycles. The zero-order valence-corrected chi connectivity index (χ0v) is 27.1. The van der Waals surface area contributed by atoms with E-state index in [0.717, 1.165) is 9.13 Å². The lowest BCUT2D eigenvalue weighted by molar-refractivity contribution is -0.121. The van der Waals surface area contributed by atoms with Crippen LogP contribution in [0.1, 0.15) is 58.4 Å². The van der Waals surface area contributed by atoms with E-state index in [-0.39, 0.29) is 23.6 Å². The molecule has 242 valence electrons. The molecule has 45 heavy (non-hydrogen) atoms. The number of rotatable bonds is 8. The van der Waals surface area contributed by atoms with Gasteiger partial charge in [-0.1, -0.05) is 30.3 Å². The van der Waals surface area contributed by atoms with E-state index in [9.17, 15) is 27.6 Å². The predicted octanol–water partition coefficient (Wildman–Crippen LogP) is 3.23. The van der Waals surface area contributed by atoms with Gasteiger partial charge >= 0.3 is 12.2 Å². The summed E-state index contributed by atoms with van der Waals surface area (Å²) in [4.78, 5) is 59.0. The molecule has 0 aliphatic carbocycles. The van der Waals surface area contributed by atoms with Crippen molar-refractivity contribution >= 4 is 33.8 Å². The van der Waals surface area contributed by atoms with Gasteiger partial charge in [-0.3, -0.25) is 14.3 Å². The molecule has 0 radical (unpaired) electrons. The summed E-state index contributed by atoms with van der Waals surface area (Å²) in [5, 5.41) is 2.64. The zero-order valence-electron chi connectivity index (χ0n) is 26.3. The summed E-state index contributed by atoms with van der Waals surface area (Å²) >= 11 is 0.